The number of hydrogen-bond acceptors (Lipinski definition) is 6. The minimum absolute atomic E-state index is 0.356. The van der Waals surface area contributed by atoms with Crippen LogP contribution in [0.4, 0.5) is 0 Å². The van der Waals surface area contributed by atoms with E-state index in [1.54, 1.807) is 37.4 Å². The maximum atomic E-state index is 12.5. The number of hydrazone groups is 1. The number of nitrogens with zero attached hydrogens (tertiary/aromatic N) is 1. The van der Waals surface area contributed by atoms with Crippen LogP contribution in [0.3, 0.4) is 0 Å². The first-order valence-electron chi connectivity index (χ1n) is 11.2. The molecule has 1 amide bonds. The van der Waals surface area contributed by atoms with Crippen molar-refractivity contribution >= 4 is 23.7 Å². The van der Waals surface area contributed by atoms with Crippen LogP contribution in [0.1, 0.15) is 40.9 Å². The molecule has 0 saturated heterocycles. The third-order valence-electron chi connectivity index (χ3n) is 4.94. The fourth-order valence-corrected chi connectivity index (χ4v) is 3.50. The molecular weight excluding hydrogens is 468 g/mol. The quantitative estimate of drug-likeness (QED) is 0.268. The topological polar surface area (TPSA) is 78.4 Å². The largest absolute Gasteiger partial charge is 0.493 e. The lowest BCUT2D eigenvalue weighted by molar-refractivity contribution is 0.0954. The van der Waals surface area contributed by atoms with Gasteiger partial charge in [-0.3, -0.25) is 4.79 Å². The van der Waals surface area contributed by atoms with Crippen LogP contribution in [0.15, 0.2) is 59.7 Å². The van der Waals surface area contributed by atoms with Gasteiger partial charge >= 0.3 is 0 Å². The van der Waals surface area contributed by atoms with Crippen molar-refractivity contribution in [1.82, 2.24) is 5.43 Å². The van der Waals surface area contributed by atoms with Crippen molar-refractivity contribution in [2.24, 2.45) is 5.10 Å². The highest BCUT2D eigenvalue weighted by molar-refractivity contribution is 6.32. The number of hydrogen-bond donors (Lipinski definition) is 1. The minimum Gasteiger partial charge on any atom is -0.493 e. The lowest BCUT2D eigenvalue weighted by atomic mass is 10.1. The van der Waals surface area contributed by atoms with E-state index in [1.165, 1.54) is 11.8 Å². The van der Waals surface area contributed by atoms with E-state index < -0.39 is 0 Å². The van der Waals surface area contributed by atoms with Crippen molar-refractivity contribution < 1.29 is 23.7 Å². The summed E-state index contributed by atoms with van der Waals surface area (Å²) in [4.78, 5) is 12.5. The predicted octanol–water partition coefficient (Wildman–Crippen LogP) is 5.80. The van der Waals surface area contributed by atoms with Gasteiger partial charge in [0.2, 0.25) is 0 Å². The molecule has 0 aromatic heterocycles. The summed E-state index contributed by atoms with van der Waals surface area (Å²) in [6.45, 7) is 7.02. The molecule has 3 rings (SSSR count). The zero-order chi connectivity index (χ0) is 25.2. The summed E-state index contributed by atoms with van der Waals surface area (Å²) >= 11 is 6.50. The normalized spacial score (nSPS) is 10.8. The van der Waals surface area contributed by atoms with Crippen LogP contribution < -0.4 is 24.4 Å². The Hall–Kier alpha value is -3.71. The van der Waals surface area contributed by atoms with Crippen molar-refractivity contribution in [3.63, 3.8) is 0 Å². The Bertz CT molecular complexity index is 1180. The molecule has 184 valence electrons. The highest BCUT2D eigenvalue weighted by atomic mass is 35.5. The number of rotatable bonds is 11. The molecule has 8 heteroatoms. The number of ether oxygens (including phenoxy) is 4. The van der Waals surface area contributed by atoms with Gasteiger partial charge in [-0.25, -0.2) is 5.43 Å². The molecule has 3 aromatic carbocycles. The van der Waals surface area contributed by atoms with Gasteiger partial charge in [-0.1, -0.05) is 41.4 Å². The Morgan fingerprint density at radius 1 is 0.943 bits per heavy atom. The van der Waals surface area contributed by atoms with Gasteiger partial charge < -0.3 is 18.9 Å². The molecule has 0 atom stereocenters. The molecule has 0 aliphatic heterocycles. The third kappa shape index (κ3) is 7.13. The number of carbonyl (C=O) groups is 1. The van der Waals surface area contributed by atoms with Gasteiger partial charge in [-0.2, -0.15) is 5.10 Å². The molecule has 3 aromatic rings. The molecule has 0 aliphatic rings. The average molecular weight is 497 g/mol. The summed E-state index contributed by atoms with van der Waals surface area (Å²) in [7, 11) is 1.54. The molecule has 7 nitrogen and oxygen atoms in total. The van der Waals surface area contributed by atoms with Gasteiger partial charge in [0.15, 0.2) is 23.0 Å². The van der Waals surface area contributed by atoms with Crippen LogP contribution in [0.2, 0.25) is 5.02 Å². The Morgan fingerprint density at radius 2 is 1.66 bits per heavy atom. The van der Waals surface area contributed by atoms with E-state index in [0.29, 0.717) is 59.0 Å². The Labute approximate surface area is 210 Å². The van der Waals surface area contributed by atoms with Gasteiger partial charge in [0.05, 0.1) is 31.6 Å². The van der Waals surface area contributed by atoms with Crippen LogP contribution in [-0.2, 0) is 6.61 Å². The fraction of sp³-hybridized carbons (Fsp3) is 0.259. The van der Waals surface area contributed by atoms with Gasteiger partial charge in [0.25, 0.3) is 5.91 Å². The number of halogens is 1. The van der Waals surface area contributed by atoms with Crippen molar-refractivity contribution in [3.8, 4) is 23.0 Å². The van der Waals surface area contributed by atoms with Crippen molar-refractivity contribution in [1.29, 1.82) is 0 Å². The molecular formula is C27H29ClN2O5. The number of aryl methyl sites for hydroxylation is 1. The highest BCUT2D eigenvalue weighted by Gasteiger charge is 2.13. The molecule has 0 bridgehead atoms. The first-order chi connectivity index (χ1) is 16.9. The van der Waals surface area contributed by atoms with E-state index in [1.807, 2.05) is 45.0 Å². The zero-order valence-electron chi connectivity index (χ0n) is 20.3. The van der Waals surface area contributed by atoms with Gasteiger partial charge in [-0.15, -0.1) is 0 Å². The average Bonchev–Trinajstić information content (AvgIpc) is 2.85. The Kier molecular flexibility index (Phi) is 9.38. The second-order valence-corrected chi connectivity index (χ2v) is 7.94. The molecule has 35 heavy (non-hydrogen) atoms. The number of nitrogens with one attached hydrogen (secondary N) is 1. The molecule has 1 N–H and O–H groups in total. The summed E-state index contributed by atoms with van der Waals surface area (Å²) < 4.78 is 22.5. The van der Waals surface area contributed by atoms with E-state index in [0.717, 1.165) is 5.56 Å². The lowest BCUT2D eigenvalue weighted by Gasteiger charge is -2.14. The number of benzene rings is 3. The standard InChI is InChI=1S/C27H29ClN2O5/c1-5-33-24-15-21(11-12-23(24)32-4)27(31)30-29-16-20-13-22(28)26(25(14-20)34-6-2)35-17-19-9-7-18(3)8-10-19/h7-16H,5-6,17H2,1-4H3,(H,30,31)/b29-16+. The third-order valence-corrected chi connectivity index (χ3v) is 5.22. The van der Waals surface area contributed by atoms with E-state index in [-0.39, 0.29) is 5.91 Å². The van der Waals surface area contributed by atoms with Crippen LogP contribution in [-0.4, -0.2) is 32.4 Å². The Morgan fingerprint density at radius 3 is 2.34 bits per heavy atom. The van der Waals surface area contributed by atoms with Crippen molar-refractivity contribution in [3.05, 3.63) is 81.9 Å². The molecule has 0 radical (unpaired) electrons. The second kappa shape index (κ2) is 12.7. The van der Waals surface area contributed by atoms with Crippen LogP contribution in [0.25, 0.3) is 0 Å². The van der Waals surface area contributed by atoms with E-state index >= 15 is 0 Å². The summed E-state index contributed by atoms with van der Waals surface area (Å²) in [5, 5.41) is 4.44. The maximum absolute atomic E-state index is 12.5. The summed E-state index contributed by atoms with van der Waals surface area (Å²) in [5.74, 6) is 1.60. The lowest BCUT2D eigenvalue weighted by Crippen LogP contribution is -2.17. The van der Waals surface area contributed by atoms with Gasteiger partial charge in [0, 0.05) is 5.56 Å². The van der Waals surface area contributed by atoms with E-state index in [2.05, 4.69) is 10.5 Å². The van der Waals surface area contributed by atoms with E-state index in [4.69, 9.17) is 30.5 Å². The van der Waals surface area contributed by atoms with E-state index in [9.17, 15) is 4.79 Å². The first-order valence-corrected chi connectivity index (χ1v) is 11.6. The molecule has 0 unspecified atom stereocenters. The SMILES string of the molecule is CCOc1cc(C(=O)N/N=C/c2cc(Cl)c(OCc3ccc(C)cc3)c(OCC)c2)ccc1OC. The zero-order valence-corrected chi connectivity index (χ0v) is 21.0. The summed E-state index contributed by atoms with van der Waals surface area (Å²) in [6, 6.07) is 16.4. The minimum atomic E-state index is -0.390. The maximum Gasteiger partial charge on any atom is 0.271 e. The van der Waals surface area contributed by atoms with Gasteiger partial charge in [0.1, 0.15) is 6.61 Å². The van der Waals surface area contributed by atoms with Crippen LogP contribution >= 0.6 is 11.6 Å². The number of amides is 1. The molecule has 0 fully saturated rings. The molecule has 0 saturated carbocycles. The fourth-order valence-electron chi connectivity index (χ4n) is 3.22. The second-order valence-electron chi connectivity index (χ2n) is 7.54. The first kappa shape index (κ1) is 25.9. The summed E-state index contributed by atoms with van der Waals surface area (Å²) in [6.07, 6.45) is 1.49. The molecule has 0 aliphatic carbocycles. The van der Waals surface area contributed by atoms with Crippen LogP contribution in [0, 0.1) is 6.92 Å². The monoisotopic (exact) mass is 496 g/mol. The summed E-state index contributed by atoms with van der Waals surface area (Å²) in [5.41, 5.74) is 5.74. The van der Waals surface area contributed by atoms with Crippen molar-refractivity contribution in [2.75, 3.05) is 20.3 Å². The number of carbonyl (C=O) groups excluding carboxylic acids is 1. The smallest absolute Gasteiger partial charge is 0.271 e. The van der Waals surface area contributed by atoms with Crippen LogP contribution in [0.5, 0.6) is 23.0 Å². The molecule has 0 heterocycles. The number of methoxy groups -OCH3 is 1. The molecule has 0 spiro atoms. The predicted molar refractivity (Wildman–Crippen MR) is 137 cm³/mol. The Balaban J connectivity index is 1.71. The highest BCUT2D eigenvalue weighted by Crippen LogP contribution is 2.37. The van der Waals surface area contributed by atoms with Gasteiger partial charge in [-0.05, 0) is 62.2 Å². The van der Waals surface area contributed by atoms with Crippen molar-refractivity contribution in [2.45, 2.75) is 27.4 Å².